The molecule has 0 aromatic carbocycles. The van der Waals surface area contributed by atoms with Crippen molar-refractivity contribution < 1.29 is 18.3 Å². The third-order valence-corrected chi connectivity index (χ3v) is 6.34. The minimum Gasteiger partial charge on any atom is -0.478 e. The molecule has 19 heavy (non-hydrogen) atoms. The number of hydrogen-bond donors (Lipinski definition) is 2. The fraction of sp³-hybridized carbons (Fsp3) is 0.182. The maximum absolute atomic E-state index is 12.0. The first-order valence-electron chi connectivity index (χ1n) is 5.24. The first-order valence-corrected chi connectivity index (χ1v) is 8.49. The van der Waals surface area contributed by atoms with Crippen molar-refractivity contribution in [3.8, 4) is 0 Å². The fourth-order valence-corrected chi connectivity index (χ4v) is 4.52. The van der Waals surface area contributed by atoms with Gasteiger partial charge in [0, 0.05) is 16.8 Å². The van der Waals surface area contributed by atoms with Crippen LogP contribution < -0.4 is 4.72 Å². The van der Waals surface area contributed by atoms with Crippen LogP contribution in [0.1, 0.15) is 20.8 Å². The predicted molar refractivity (Wildman–Crippen MR) is 74.4 cm³/mol. The van der Waals surface area contributed by atoms with Crippen molar-refractivity contribution in [3.05, 3.63) is 38.9 Å². The minimum atomic E-state index is -3.65. The van der Waals surface area contributed by atoms with E-state index < -0.39 is 16.0 Å². The summed E-state index contributed by atoms with van der Waals surface area (Å²) in [7, 11) is -3.65. The second-order valence-corrected chi connectivity index (χ2v) is 7.72. The fourth-order valence-electron chi connectivity index (χ4n) is 1.39. The Hall–Kier alpha value is -1.22. The molecular formula is C11H11NO4S3. The van der Waals surface area contributed by atoms with E-state index in [4.69, 9.17) is 5.11 Å². The van der Waals surface area contributed by atoms with Gasteiger partial charge in [0.2, 0.25) is 10.0 Å². The Labute approximate surface area is 118 Å². The molecule has 0 fully saturated rings. The number of carboxylic acids is 1. The van der Waals surface area contributed by atoms with Gasteiger partial charge < -0.3 is 5.11 Å². The van der Waals surface area contributed by atoms with Crippen molar-refractivity contribution in [2.45, 2.75) is 17.7 Å². The van der Waals surface area contributed by atoms with Crippen LogP contribution in [0.3, 0.4) is 0 Å². The highest BCUT2D eigenvalue weighted by atomic mass is 32.2. The molecule has 2 aromatic heterocycles. The molecule has 0 atom stereocenters. The van der Waals surface area contributed by atoms with Crippen LogP contribution in [-0.2, 0) is 16.6 Å². The van der Waals surface area contributed by atoms with Crippen molar-refractivity contribution >= 4 is 38.7 Å². The highest BCUT2D eigenvalue weighted by molar-refractivity contribution is 7.91. The zero-order valence-corrected chi connectivity index (χ0v) is 12.4. The zero-order valence-electron chi connectivity index (χ0n) is 9.91. The van der Waals surface area contributed by atoms with E-state index in [0.29, 0.717) is 0 Å². The van der Waals surface area contributed by atoms with Gasteiger partial charge in [-0.3, -0.25) is 0 Å². The van der Waals surface area contributed by atoms with Crippen molar-refractivity contribution in [3.63, 3.8) is 0 Å². The molecule has 0 aliphatic carbocycles. The quantitative estimate of drug-likeness (QED) is 0.886. The molecule has 0 bridgehead atoms. The largest absolute Gasteiger partial charge is 0.478 e. The third kappa shape index (κ3) is 3.21. The molecule has 0 radical (unpaired) electrons. The number of aromatic carboxylic acids is 1. The number of rotatable bonds is 5. The van der Waals surface area contributed by atoms with Gasteiger partial charge in [-0.2, -0.15) is 0 Å². The second kappa shape index (κ2) is 5.41. The van der Waals surface area contributed by atoms with Gasteiger partial charge >= 0.3 is 5.97 Å². The van der Waals surface area contributed by atoms with E-state index in [1.165, 1.54) is 16.7 Å². The number of aryl methyl sites for hydroxylation is 1. The Balaban J connectivity index is 2.14. The lowest BCUT2D eigenvalue weighted by Gasteiger charge is -2.03. The van der Waals surface area contributed by atoms with Gasteiger partial charge in [-0.05, 0) is 30.0 Å². The van der Waals surface area contributed by atoms with Crippen molar-refractivity contribution in [2.24, 2.45) is 0 Å². The van der Waals surface area contributed by atoms with Crippen LogP contribution in [0.15, 0.2) is 27.1 Å². The highest BCUT2D eigenvalue weighted by Gasteiger charge is 2.19. The Morgan fingerprint density at radius 1 is 1.42 bits per heavy atom. The standard InChI is InChI=1S/C11H11NO4S3/c1-7-2-3-17-9(7)5-12-19(15,16)10-4-8(6-18-10)11(13)14/h2-4,6,12H,5H2,1H3,(H,13,14). The molecule has 102 valence electrons. The summed E-state index contributed by atoms with van der Waals surface area (Å²) in [5, 5.41) is 12.0. The average molecular weight is 317 g/mol. The molecule has 8 heteroatoms. The lowest BCUT2D eigenvalue weighted by atomic mass is 10.3. The number of thiophene rings is 2. The maximum atomic E-state index is 12.0. The van der Waals surface area contributed by atoms with Crippen LogP contribution >= 0.6 is 22.7 Å². The molecule has 5 nitrogen and oxygen atoms in total. The molecule has 0 amide bonds. The smallest absolute Gasteiger partial charge is 0.336 e. The molecule has 0 saturated carbocycles. The number of sulfonamides is 1. The number of hydrogen-bond acceptors (Lipinski definition) is 5. The van der Waals surface area contributed by atoms with Gasteiger partial charge in [-0.25, -0.2) is 17.9 Å². The Bertz CT molecular complexity index is 699. The monoisotopic (exact) mass is 317 g/mol. The van der Waals surface area contributed by atoms with E-state index in [9.17, 15) is 13.2 Å². The summed E-state index contributed by atoms with van der Waals surface area (Å²) in [5.74, 6) is -1.13. The molecule has 0 aliphatic heterocycles. The SMILES string of the molecule is Cc1ccsc1CNS(=O)(=O)c1cc(C(=O)O)cs1. The van der Waals surface area contributed by atoms with Gasteiger partial charge in [0.05, 0.1) is 5.56 Å². The highest BCUT2D eigenvalue weighted by Crippen LogP contribution is 2.21. The van der Waals surface area contributed by atoms with Gasteiger partial charge in [-0.1, -0.05) is 0 Å². The maximum Gasteiger partial charge on any atom is 0.336 e. The third-order valence-electron chi connectivity index (χ3n) is 2.48. The minimum absolute atomic E-state index is 0.0131. The van der Waals surface area contributed by atoms with Gasteiger partial charge in [0.25, 0.3) is 0 Å². The van der Waals surface area contributed by atoms with E-state index in [0.717, 1.165) is 27.8 Å². The van der Waals surface area contributed by atoms with Crippen LogP contribution in [0, 0.1) is 6.92 Å². The average Bonchev–Trinajstić information content (AvgIpc) is 2.95. The summed E-state index contributed by atoms with van der Waals surface area (Å²) in [4.78, 5) is 11.7. The number of nitrogens with one attached hydrogen (secondary N) is 1. The number of carboxylic acid groups (broad SMARTS) is 1. The Morgan fingerprint density at radius 3 is 2.68 bits per heavy atom. The molecular weight excluding hydrogens is 306 g/mol. The molecule has 2 aromatic rings. The van der Waals surface area contributed by atoms with Crippen LogP contribution in [0.4, 0.5) is 0 Å². The summed E-state index contributed by atoms with van der Waals surface area (Å²) in [6.45, 7) is 2.12. The van der Waals surface area contributed by atoms with Crippen molar-refractivity contribution in [1.29, 1.82) is 0 Å². The van der Waals surface area contributed by atoms with E-state index in [1.54, 1.807) is 0 Å². The Kier molecular flexibility index (Phi) is 4.04. The molecule has 0 saturated heterocycles. The van der Waals surface area contributed by atoms with Crippen molar-refractivity contribution in [1.82, 2.24) is 4.72 Å². The molecule has 0 spiro atoms. The van der Waals surface area contributed by atoms with Crippen LogP contribution in [0.2, 0.25) is 0 Å². The van der Waals surface area contributed by atoms with E-state index in [1.807, 2.05) is 18.4 Å². The first kappa shape index (κ1) is 14.2. The Morgan fingerprint density at radius 2 is 2.16 bits per heavy atom. The van der Waals surface area contributed by atoms with Crippen molar-refractivity contribution in [2.75, 3.05) is 0 Å². The normalized spacial score (nSPS) is 11.6. The van der Waals surface area contributed by atoms with Crippen LogP contribution in [0.5, 0.6) is 0 Å². The molecule has 2 rings (SSSR count). The molecule has 0 aliphatic rings. The van der Waals surface area contributed by atoms with E-state index in [-0.39, 0.29) is 16.3 Å². The summed E-state index contributed by atoms with van der Waals surface area (Å²) >= 11 is 2.38. The van der Waals surface area contributed by atoms with Gasteiger partial charge in [-0.15, -0.1) is 22.7 Å². The number of carbonyl (C=O) groups is 1. The predicted octanol–water partition coefficient (Wildman–Crippen LogP) is 2.29. The van der Waals surface area contributed by atoms with E-state index in [2.05, 4.69) is 4.72 Å². The lowest BCUT2D eigenvalue weighted by Crippen LogP contribution is -2.22. The van der Waals surface area contributed by atoms with Crippen LogP contribution in [-0.4, -0.2) is 19.5 Å². The topological polar surface area (TPSA) is 83.5 Å². The molecule has 2 heterocycles. The second-order valence-electron chi connectivity index (χ2n) is 3.81. The first-order chi connectivity index (χ1) is 8.90. The van der Waals surface area contributed by atoms with E-state index >= 15 is 0 Å². The summed E-state index contributed by atoms with van der Waals surface area (Å²) < 4.78 is 26.5. The summed E-state index contributed by atoms with van der Waals surface area (Å²) in [6, 6.07) is 3.08. The zero-order chi connectivity index (χ0) is 14.0. The van der Waals surface area contributed by atoms with Crippen LogP contribution in [0.25, 0.3) is 0 Å². The molecule has 2 N–H and O–H groups in total. The van der Waals surface area contributed by atoms with Gasteiger partial charge in [0.1, 0.15) is 4.21 Å². The van der Waals surface area contributed by atoms with Gasteiger partial charge in [0.15, 0.2) is 0 Å². The summed E-state index contributed by atoms with van der Waals surface area (Å²) in [5.41, 5.74) is 1.02. The lowest BCUT2D eigenvalue weighted by molar-refractivity contribution is 0.0697. The summed E-state index contributed by atoms with van der Waals surface area (Å²) in [6.07, 6.45) is 0. The molecule has 0 unspecified atom stereocenters.